The highest BCUT2D eigenvalue weighted by molar-refractivity contribution is 4.97. The van der Waals surface area contributed by atoms with E-state index in [1.807, 2.05) is 0 Å². The van der Waals surface area contributed by atoms with Gasteiger partial charge < -0.3 is 10.1 Å². The molecule has 1 aliphatic carbocycles. The molecular weight excluding hydrogens is 198 g/mol. The lowest BCUT2D eigenvalue weighted by Crippen LogP contribution is -2.29. The number of rotatable bonds is 7. The standard InChI is InChI=1S/C14H27NO/c1-4-13-8-6-7-9-14(13)16-11-12(3)10-15-5-2/h13-15H,3-11H2,1-2H3. The molecule has 0 spiro atoms. The van der Waals surface area contributed by atoms with Crippen molar-refractivity contribution in [3.05, 3.63) is 12.2 Å². The Morgan fingerprint density at radius 3 is 2.75 bits per heavy atom. The summed E-state index contributed by atoms with van der Waals surface area (Å²) in [6, 6.07) is 0. The molecule has 0 radical (unpaired) electrons. The van der Waals surface area contributed by atoms with Crippen LogP contribution in [0.2, 0.25) is 0 Å². The highest BCUT2D eigenvalue weighted by Crippen LogP contribution is 2.29. The molecule has 0 amide bonds. The highest BCUT2D eigenvalue weighted by Gasteiger charge is 2.24. The average molecular weight is 225 g/mol. The third-order valence-electron chi connectivity index (χ3n) is 3.49. The van der Waals surface area contributed by atoms with E-state index in [-0.39, 0.29) is 0 Å². The SMILES string of the molecule is C=C(CNCC)COC1CCCCC1CC. The molecule has 0 aliphatic heterocycles. The normalized spacial score (nSPS) is 25.6. The zero-order valence-corrected chi connectivity index (χ0v) is 10.9. The third-order valence-corrected chi connectivity index (χ3v) is 3.49. The first kappa shape index (κ1) is 13.7. The molecule has 0 aromatic rings. The molecule has 0 aromatic carbocycles. The van der Waals surface area contributed by atoms with Gasteiger partial charge in [-0.3, -0.25) is 0 Å². The minimum absolute atomic E-state index is 0.483. The average Bonchev–Trinajstić information content (AvgIpc) is 2.34. The lowest BCUT2D eigenvalue weighted by molar-refractivity contribution is -0.000884. The first-order chi connectivity index (χ1) is 7.77. The Morgan fingerprint density at radius 1 is 1.31 bits per heavy atom. The van der Waals surface area contributed by atoms with Crippen molar-refractivity contribution in [1.82, 2.24) is 5.32 Å². The summed E-state index contributed by atoms with van der Waals surface area (Å²) in [4.78, 5) is 0. The summed E-state index contributed by atoms with van der Waals surface area (Å²) in [5.41, 5.74) is 1.17. The highest BCUT2D eigenvalue weighted by atomic mass is 16.5. The van der Waals surface area contributed by atoms with Gasteiger partial charge in [-0.2, -0.15) is 0 Å². The summed E-state index contributed by atoms with van der Waals surface area (Å²) in [6.07, 6.45) is 7.05. The van der Waals surface area contributed by atoms with Gasteiger partial charge in [-0.05, 0) is 30.9 Å². The van der Waals surface area contributed by atoms with Crippen LogP contribution in [0.25, 0.3) is 0 Å². The predicted molar refractivity (Wildman–Crippen MR) is 69.7 cm³/mol. The zero-order chi connectivity index (χ0) is 11.8. The Labute approximate surface area is 100 Å². The summed E-state index contributed by atoms with van der Waals surface area (Å²) in [7, 11) is 0. The molecule has 0 aromatic heterocycles. The molecule has 2 atom stereocenters. The van der Waals surface area contributed by atoms with Crippen molar-refractivity contribution in [2.45, 2.75) is 52.1 Å². The van der Waals surface area contributed by atoms with E-state index in [1.54, 1.807) is 0 Å². The molecule has 2 nitrogen and oxygen atoms in total. The number of ether oxygens (including phenoxy) is 1. The van der Waals surface area contributed by atoms with E-state index in [2.05, 4.69) is 25.7 Å². The van der Waals surface area contributed by atoms with Crippen molar-refractivity contribution in [3.8, 4) is 0 Å². The van der Waals surface area contributed by atoms with Crippen molar-refractivity contribution < 1.29 is 4.74 Å². The van der Waals surface area contributed by atoms with E-state index in [1.165, 1.54) is 37.7 Å². The molecule has 0 heterocycles. The van der Waals surface area contributed by atoms with Crippen LogP contribution in [-0.2, 0) is 4.74 Å². The molecule has 2 heteroatoms. The van der Waals surface area contributed by atoms with Crippen LogP contribution in [0.3, 0.4) is 0 Å². The second-order valence-corrected chi connectivity index (χ2v) is 4.83. The van der Waals surface area contributed by atoms with Gasteiger partial charge in [0, 0.05) is 6.54 Å². The number of likely N-dealkylation sites (N-methyl/N-ethyl adjacent to an activating group) is 1. The number of nitrogens with one attached hydrogen (secondary N) is 1. The lowest BCUT2D eigenvalue weighted by atomic mass is 9.85. The van der Waals surface area contributed by atoms with Crippen LogP contribution in [0.5, 0.6) is 0 Å². The van der Waals surface area contributed by atoms with E-state index in [9.17, 15) is 0 Å². The minimum Gasteiger partial charge on any atom is -0.374 e. The monoisotopic (exact) mass is 225 g/mol. The van der Waals surface area contributed by atoms with E-state index in [4.69, 9.17) is 4.74 Å². The number of hydrogen-bond donors (Lipinski definition) is 1. The molecule has 16 heavy (non-hydrogen) atoms. The Hall–Kier alpha value is -0.340. The summed E-state index contributed by atoms with van der Waals surface area (Å²) >= 11 is 0. The summed E-state index contributed by atoms with van der Waals surface area (Å²) < 4.78 is 6.01. The van der Waals surface area contributed by atoms with E-state index in [0.29, 0.717) is 6.10 Å². The largest absolute Gasteiger partial charge is 0.374 e. The first-order valence-electron chi connectivity index (χ1n) is 6.76. The fourth-order valence-corrected chi connectivity index (χ4v) is 2.44. The molecule has 94 valence electrons. The van der Waals surface area contributed by atoms with Crippen LogP contribution in [0.4, 0.5) is 0 Å². The van der Waals surface area contributed by atoms with Crippen LogP contribution in [-0.4, -0.2) is 25.8 Å². The maximum absolute atomic E-state index is 6.01. The van der Waals surface area contributed by atoms with Gasteiger partial charge in [0.2, 0.25) is 0 Å². The van der Waals surface area contributed by atoms with Crippen LogP contribution >= 0.6 is 0 Å². The second-order valence-electron chi connectivity index (χ2n) is 4.83. The van der Waals surface area contributed by atoms with Crippen molar-refractivity contribution in [2.24, 2.45) is 5.92 Å². The molecule has 0 bridgehead atoms. The molecule has 1 N–H and O–H groups in total. The van der Waals surface area contributed by atoms with Crippen LogP contribution in [0, 0.1) is 5.92 Å². The van der Waals surface area contributed by atoms with E-state index in [0.717, 1.165) is 25.6 Å². The third kappa shape index (κ3) is 4.67. The molecule has 0 saturated heterocycles. The Kier molecular flexibility index (Phi) is 6.74. The maximum atomic E-state index is 6.01. The van der Waals surface area contributed by atoms with Crippen LogP contribution in [0.1, 0.15) is 46.0 Å². The van der Waals surface area contributed by atoms with Gasteiger partial charge in [0.25, 0.3) is 0 Å². The Bertz CT molecular complexity index is 203. The fraction of sp³-hybridized carbons (Fsp3) is 0.857. The maximum Gasteiger partial charge on any atom is 0.0690 e. The van der Waals surface area contributed by atoms with Crippen molar-refractivity contribution >= 4 is 0 Å². The van der Waals surface area contributed by atoms with Gasteiger partial charge in [-0.15, -0.1) is 0 Å². The molecule has 1 aliphatic rings. The summed E-state index contributed by atoms with van der Waals surface area (Å²) in [6.45, 7) is 11.1. The van der Waals surface area contributed by atoms with Gasteiger partial charge in [-0.1, -0.05) is 39.7 Å². The van der Waals surface area contributed by atoms with Gasteiger partial charge >= 0.3 is 0 Å². The smallest absolute Gasteiger partial charge is 0.0690 e. The molecule has 1 saturated carbocycles. The van der Waals surface area contributed by atoms with Crippen molar-refractivity contribution in [2.75, 3.05) is 19.7 Å². The van der Waals surface area contributed by atoms with Gasteiger partial charge in [-0.25, -0.2) is 0 Å². The van der Waals surface area contributed by atoms with Crippen molar-refractivity contribution in [1.29, 1.82) is 0 Å². The van der Waals surface area contributed by atoms with Gasteiger partial charge in [0.05, 0.1) is 12.7 Å². The number of hydrogen-bond acceptors (Lipinski definition) is 2. The molecular formula is C14H27NO. The predicted octanol–water partition coefficient (Wildman–Crippen LogP) is 3.14. The molecule has 1 rings (SSSR count). The quantitative estimate of drug-likeness (QED) is 0.672. The van der Waals surface area contributed by atoms with Crippen LogP contribution < -0.4 is 5.32 Å². The zero-order valence-electron chi connectivity index (χ0n) is 10.9. The molecule has 1 fully saturated rings. The van der Waals surface area contributed by atoms with Crippen molar-refractivity contribution in [3.63, 3.8) is 0 Å². The second kappa shape index (κ2) is 7.86. The Balaban J connectivity index is 2.21. The summed E-state index contributed by atoms with van der Waals surface area (Å²) in [5.74, 6) is 0.778. The van der Waals surface area contributed by atoms with E-state index >= 15 is 0 Å². The Morgan fingerprint density at radius 2 is 2.06 bits per heavy atom. The van der Waals surface area contributed by atoms with Gasteiger partial charge in [0.1, 0.15) is 0 Å². The van der Waals surface area contributed by atoms with Crippen LogP contribution in [0.15, 0.2) is 12.2 Å². The van der Waals surface area contributed by atoms with Gasteiger partial charge in [0.15, 0.2) is 0 Å². The topological polar surface area (TPSA) is 21.3 Å². The summed E-state index contributed by atoms with van der Waals surface area (Å²) in [5, 5.41) is 3.28. The molecule has 2 unspecified atom stereocenters. The van der Waals surface area contributed by atoms with E-state index < -0.39 is 0 Å². The lowest BCUT2D eigenvalue weighted by Gasteiger charge is -2.31. The first-order valence-corrected chi connectivity index (χ1v) is 6.76. The minimum atomic E-state index is 0.483. The fourth-order valence-electron chi connectivity index (χ4n) is 2.44.